The van der Waals surface area contributed by atoms with Crippen LogP contribution in [-0.2, 0) is 0 Å². The molecular formula is C27H23FN4O2. The summed E-state index contributed by atoms with van der Waals surface area (Å²) in [5.74, 6) is -0.526. The number of hydrogen-bond donors (Lipinski definition) is 4. The van der Waals surface area contributed by atoms with Gasteiger partial charge in [-0.15, -0.1) is 0 Å². The van der Waals surface area contributed by atoms with E-state index in [0.717, 1.165) is 27.7 Å². The van der Waals surface area contributed by atoms with Crippen molar-refractivity contribution in [2.24, 2.45) is 0 Å². The number of aliphatic hydroxyl groups is 1. The third-order valence-corrected chi connectivity index (χ3v) is 5.89. The van der Waals surface area contributed by atoms with E-state index in [1.165, 1.54) is 18.2 Å². The van der Waals surface area contributed by atoms with Crippen molar-refractivity contribution >= 4 is 16.6 Å². The lowest BCUT2D eigenvalue weighted by Gasteiger charge is -2.20. The molecule has 0 spiro atoms. The molecule has 7 heteroatoms. The Hall–Kier alpha value is -4.23. The van der Waals surface area contributed by atoms with Gasteiger partial charge in [0.1, 0.15) is 11.6 Å². The fraction of sp³-hybridized carbons (Fsp3) is 0.111. The number of fused-ring (bicyclic) bond motifs is 1. The molecule has 0 saturated carbocycles. The standard InChI is InChI=1S/C27H23FN4O2/c1-16-21-11-18(7-9-24(21)32-31-16)22-13-20(30-25(15-33)17-5-3-2-4-6-17)14-29-27(22)23-12-19(28)8-10-26(23)34/h2-14,25,30,33-34H,15H2,1H3,(H,31,32). The number of aromatic amines is 1. The molecule has 0 aliphatic heterocycles. The van der Waals surface area contributed by atoms with E-state index in [-0.39, 0.29) is 18.4 Å². The molecule has 34 heavy (non-hydrogen) atoms. The zero-order chi connectivity index (χ0) is 23.7. The Bertz CT molecular complexity index is 1470. The van der Waals surface area contributed by atoms with Gasteiger partial charge in [0, 0.05) is 16.5 Å². The van der Waals surface area contributed by atoms with Gasteiger partial charge in [-0.2, -0.15) is 5.10 Å². The van der Waals surface area contributed by atoms with Gasteiger partial charge in [-0.05, 0) is 54.4 Å². The molecule has 6 nitrogen and oxygen atoms in total. The van der Waals surface area contributed by atoms with Gasteiger partial charge in [-0.3, -0.25) is 10.1 Å². The largest absolute Gasteiger partial charge is 0.507 e. The first-order chi connectivity index (χ1) is 16.5. The van der Waals surface area contributed by atoms with Crippen LogP contribution in [0.15, 0.2) is 79.0 Å². The molecule has 0 amide bonds. The number of aliphatic hydroxyl groups excluding tert-OH is 1. The van der Waals surface area contributed by atoms with Crippen LogP contribution in [0.3, 0.4) is 0 Å². The molecule has 5 rings (SSSR count). The molecule has 0 fully saturated rings. The van der Waals surface area contributed by atoms with E-state index in [0.29, 0.717) is 22.5 Å². The van der Waals surface area contributed by atoms with Crippen molar-refractivity contribution < 1.29 is 14.6 Å². The van der Waals surface area contributed by atoms with E-state index in [2.05, 4.69) is 20.5 Å². The van der Waals surface area contributed by atoms with Crippen LogP contribution < -0.4 is 5.32 Å². The SMILES string of the molecule is Cc1n[nH]c2ccc(-c3cc(NC(CO)c4ccccc4)cnc3-c3cc(F)ccc3O)cc12. The van der Waals surface area contributed by atoms with Gasteiger partial charge in [-0.25, -0.2) is 4.39 Å². The lowest BCUT2D eigenvalue weighted by atomic mass is 9.96. The van der Waals surface area contributed by atoms with Crippen molar-refractivity contribution in [2.45, 2.75) is 13.0 Å². The van der Waals surface area contributed by atoms with Crippen LogP contribution in [0.25, 0.3) is 33.3 Å². The average molecular weight is 455 g/mol. The minimum atomic E-state index is -0.465. The second-order valence-electron chi connectivity index (χ2n) is 8.14. The molecule has 1 unspecified atom stereocenters. The van der Waals surface area contributed by atoms with Crippen LogP contribution in [-0.4, -0.2) is 32.0 Å². The molecular weight excluding hydrogens is 431 g/mol. The summed E-state index contributed by atoms with van der Waals surface area (Å²) in [6.07, 6.45) is 1.62. The van der Waals surface area contributed by atoms with Crippen LogP contribution in [0.2, 0.25) is 0 Å². The van der Waals surface area contributed by atoms with E-state index in [1.54, 1.807) is 6.20 Å². The Labute approximate surface area is 195 Å². The number of aromatic nitrogens is 3. The number of pyridine rings is 1. The summed E-state index contributed by atoms with van der Waals surface area (Å²) in [5, 5.41) is 32.0. The zero-order valence-electron chi connectivity index (χ0n) is 18.5. The van der Waals surface area contributed by atoms with E-state index in [9.17, 15) is 14.6 Å². The van der Waals surface area contributed by atoms with Gasteiger partial charge in [-0.1, -0.05) is 36.4 Å². The van der Waals surface area contributed by atoms with Crippen molar-refractivity contribution in [3.05, 3.63) is 96.1 Å². The highest BCUT2D eigenvalue weighted by molar-refractivity contribution is 5.91. The number of benzene rings is 3. The molecule has 1 atom stereocenters. The fourth-order valence-corrected chi connectivity index (χ4v) is 4.11. The summed E-state index contributed by atoms with van der Waals surface area (Å²) in [6, 6.07) is 20.9. The first-order valence-electron chi connectivity index (χ1n) is 10.9. The Kier molecular flexibility index (Phi) is 5.69. The fourth-order valence-electron chi connectivity index (χ4n) is 4.11. The normalized spacial score (nSPS) is 12.1. The quantitative estimate of drug-likeness (QED) is 0.268. The summed E-state index contributed by atoms with van der Waals surface area (Å²) in [5.41, 5.74) is 5.68. The van der Waals surface area contributed by atoms with Gasteiger partial charge in [0.05, 0.1) is 41.4 Å². The van der Waals surface area contributed by atoms with Crippen molar-refractivity contribution in [1.29, 1.82) is 0 Å². The minimum Gasteiger partial charge on any atom is -0.507 e. The predicted molar refractivity (Wildman–Crippen MR) is 131 cm³/mol. The second-order valence-corrected chi connectivity index (χ2v) is 8.14. The maximum absolute atomic E-state index is 14.1. The van der Waals surface area contributed by atoms with Crippen LogP contribution >= 0.6 is 0 Å². The van der Waals surface area contributed by atoms with Crippen molar-refractivity contribution in [1.82, 2.24) is 15.2 Å². The number of aromatic hydroxyl groups is 1. The maximum atomic E-state index is 14.1. The van der Waals surface area contributed by atoms with Crippen LogP contribution in [0.4, 0.5) is 10.1 Å². The summed E-state index contributed by atoms with van der Waals surface area (Å²) >= 11 is 0. The number of rotatable bonds is 6. The lowest BCUT2D eigenvalue weighted by molar-refractivity contribution is 0.276. The Morgan fingerprint density at radius 1 is 1.00 bits per heavy atom. The number of H-pyrrole nitrogens is 1. The molecule has 170 valence electrons. The summed E-state index contributed by atoms with van der Waals surface area (Å²) < 4.78 is 14.1. The summed E-state index contributed by atoms with van der Waals surface area (Å²) in [6.45, 7) is 1.82. The number of anilines is 1. The smallest absolute Gasteiger partial charge is 0.125 e. The van der Waals surface area contributed by atoms with E-state index >= 15 is 0 Å². The molecule has 4 N–H and O–H groups in total. The molecule has 0 aliphatic rings. The lowest BCUT2D eigenvalue weighted by Crippen LogP contribution is -2.15. The van der Waals surface area contributed by atoms with E-state index in [4.69, 9.17) is 0 Å². The van der Waals surface area contributed by atoms with Gasteiger partial charge < -0.3 is 15.5 Å². The summed E-state index contributed by atoms with van der Waals surface area (Å²) in [4.78, 5) is 4.60. The topological polar surface area (TPSA) is 94.1 Å². The first-order valence-corrected chi connectivity index (χ1v) is 10.9. The second kappa shape index (κ2) is 8.96. The zero-order valence-corrected chi connectivity index (χ0v) is 18.5. The Morgan fingerprint density at radius 3 is 2.62 bits per heavy atom. The van der Waals surface area contributed by atoms with Gasteiger partial charge in [0.2, 0.25) is 0 Å². The van der Waals surface area contributed by atoms with E-state index < -0.39 is 5.82 Å². The Morgan fingerprint density at radius 2 is 1.82 bits per heavy atom. The molecule has 2 heterocycles. The number of aryl methyl sites for hydroxylation is 1. The van der Waals surface area contributed by atoms with Crippen LogP contribution in [0, 0.1) is 12.7 Å². The number of hydrogen-bond acceptors (Lipinski definition) is 5. The van der Waals surface area contributed by atoms with Gasteiger partial charge in [0.15, 0.2) is 0 Å². The molecule has 2 aromatic heterocycles. The molecule has 5 aromatic rings. The van der Waals surface area contributed by atoms with Crippen LogP contribution in [0.1, 0.15) is 17.3 Å². The number of nitrogens with zero attached hydrogens (tertiary/aromatic N) is 2. The third kappa shape index (κ3) is 4.09. The number of halogens is 1. The molecule has 0 aliphatic carbocycles. The molecule has 0 bridgehead atoms. The predicted octanol–water partition coefficient (Wildman–Crippen LogP) is 5.59. The van der Waals surface area contributed by atoms with Crippen LogP contribution in [0.5, 0.6) is 5.75 Å². The average Bonchev–Trinajstić information content (AvgIpc) is 3.24. The number of nitrogens with one attached hydrogen (secondary N) is 2. The molecule has 3 aromatic carbocycles. The van der Waals surface area contributed by atoms with Crippen molar-refractivity contribution in [2.75, 3.05) is 11.9 Å². The highest BCUT2D eigenvalue weighted by Gasteiger charge is 2.17. The Balaban J connectivity index is 1.65. The number of phenols is 1. The van der Waals surface area contributed by atoms with Gasteiger partial charge >= 0.3 is 0 Å². The van der Waals surface area contributed by atoms with Gasteiger partial charge in [0.25, 0.3) is 0 Å². The van der Waals surface area contributed by atoms with Crippen molar-refractivity contribution in [3.8, 4) is 28.1 Å². The summed E-state index contributed by atoms with van der Waals surface area (Å²) in [7, 11) is 0. The highest BCUT2D eigenvalue weighted by atomic mass is 19.1. The van der Waals surface area contributed by atoms with Crippen molar-refractivity contribution in [3.63, 3.8) is 0 Å². The molecule has 0 saturated heterocycles. The third-order valence-electron chi connectivity index (χ3n) is 5.89. The molecule has 0 radical (unpaired) electrons. The maximum Gasteiger partial charge on any atom is 0.125 e. The number of phenolic OH excluding ortho intramolecular Hbond substituents is 1. The first kappa shape index (κ1) is 21.6. The van der Waals surface area contributed by atoms with E-state index in [1.807, 2.05) is 61.5 Å². The monoisotopic (exact) mass is 454 g/mol. The minimum absolute atomic E-state index is 0.0612. The highest BCUT2D eigenvalue weighted by Crippen LogP contribution is 2.38.